The summed E-state index contributed by atoms with van der Waals surface area (Å²) in [7, 11) is 0. The fourth-order valence-corrected chi connectivity index (χ4v) is 4.89. The molecule has 2 amide bonds. The molecule has 1 aromatic carbocycles. The topological polar surface area (TPSA) is 84.5 Å². The second-order valence-electron chi connectivity index (χ2n) is 5.00. The zero-order valence-electron chi connectivity index (χ0n) is 13.4. The van der Waals surface area contributed by atoms with Gasteiger partial charge in [-0.1, -0.05) is 12.1 Å². The summed E-state index contributed by atoms with van der Waals surface area (Å²) in [6.07, 6.45) is 0. The fraction of sp³-hybridized carbons (Fsp3) is 0.438. The molecular weight excluding hydrogens is 348 g/mol. The van der Waals surface area contributed by atoms with Crippen LogP contribution in [0.4, 0.5) is 0 Å². The third-order valence-electron chi connectivity index (χ3n) is 3.19. The highest BCUT2D eigenvalue weighted by molar-refractivity contribution is 8.19. The number of carbonyl (C=O) groups is 3. The van der Waals surface area contributed by atoms with Gasteiger partial charge in [0.2, 0.25) is 5.91 Å². The average molecular weight is 368 g/mol. The van der Waals surface area contributed by atoms with E-state index in [-0.39, 0.29) is 12.5 Å². The van der Waals surface area contributed by atoms with Crippen LogP contribution in [0.1, 0.15) is 27.4 Å². The third kappa shape index (κ3) is 5.76. The number of hydrogen-bond donors (Lipinski definition) is 2. The van der Waals surface area contributed by atoms with Gasteiger partial charge < -0.3 is 15.4 Å². The van der Waals surface area contributed by atoms with Gasteiger partial charge >= 0.3 is 5.97 Å². The molecule has 0 saturated carbocycles. The zero-order chi connectivity index (χ0) is 17.4. The van der Waals surface area contributed by atoms with Crippen LogP contribution in [-0.2, 0) is 14.3 Å². The molecule has 8 heteroatoms. The third-order valence-corrected chi connectivity index (χ3v) is 6.30. The zero-order valence-corrected chi connectivity index (χ0v) is 15.0. The van der Waals surface area contributed by atoms with Crippen molar-refractivity contribution in [3.8, 4) is 0 Å². The Morgan fingerprint density at radius 1 is 1.08 bits per heavy atom. The Bertz CT molecular complexity index is 586. The lowest BCUT2D eigenvalue weighted by Gasteiger charge is -2.09. The molecule has 1 heterocycles. The van der Waals surface area contributed by atoms with E-state index in [2.05, 4.69) is 10.6 Å². The van der Waals surface area contributed by atoms with Gasteiger partial charge in [-0.3, -0.25) is 9.59 Å². The molecule has 0 spiro atoms. The molecule has 0 radical (unpaired) electrons. The first-order valence-corrected chi connectivity index (χ1v) is 9.73. The average Bonchev–Trinajstić information content (AvgIpc) is 3.13. The summed E-state index contributed by atoms with van der Waals surface area (Å²) in [5.74, 6) is 0.941. The molecule has 1 saturated heterocycles. The Balaban J connectivity index is 1.75. The summed E-state index contributed by atoms with van der Waals surface area (Å²) >= 11 is 3.79. The maximum absolute atomic E-state index is 11.9. The van der Waals surface area contributed by atoms with Crippen molar-refractivity contribution in [1.82, 2.24) is 10.6 Å². The van der Waals surface area contributed by atoms with Crippen molar-refractivity contribution >= 4 is 41.3 Å². The lowest BCUT2D eigenvalue weighted by Crippen LogP contribution is -2.38. The maximum Gasteiger partial charge on any atom is 0.338 e. The van der Waals surface area contributed by atoms with E-state index in [4.69, 9.17) is 4.74 Å². The SMILES string of the molecule is CCNC(=O)CNC(=O)COC(=O)c1ccc(C2SCCS2)cc1. The Morgan fingerprint density at radius 2 is 1.75 bits per heavy atom. The van der Waals surface area contributed by atoms with Gasteiger partial charge in [0.15, 0.2) is 6.61 Å². The number of benzene rings is 1. The number of likely N-dealkylation sites (N-methyl/N-ethyl adjacent to an activating group) is 1. The van der Waals surface area contributed by atoms with E-state index >= 15 is 0 Å². The molecule has 0 unspecified atom stereocenters. The lowest BCUT2D eigenvalue weighted by atomic mass is 10.1. The number of rotatable bonds is 7. The minimum absolute atomic E-state index is 0.129. The first-order valence-electron chi connectivity index (χ1n) is 7.64. The second kappa shape index (κ2) is 9.58. The van der Waals surface area contributed by atoms with Crippen molar-refractivity contribution in [3.63, 3.8) is 0 Å². The Kier molecular flexibility index (Phi) is 7.45. The molecule has 130 valence electrons. The van der Waals surface area contributed by atoms with Crippen LogP contribution in [0.15, 0.2) is 24.3 Å². The number of ether oxygens (including phenoxy) is 1. The molecule has 24 heavy (non-hydrogen) atoms. The quantitative estimate of drug-likeness (QED) is 0.711. The van der Waals surface area contributed by atoms with Gasteiger partial charge in [0.1, 0.15) is 0 Å². The standard InChI is InChI=1S/C16H20N2O4S2/c1-2-17-13(19)9-18-14(20)10-22-15(21)11-3-5-12(6-4-11)16-23-7-8-24-16/h3-6,16H,2,7-10H2,1H3,(H,17,19)(H,18,20). The van der Waals surface area contributed by atoms with Crippen LogP contribution in [0, 0.1) is 0 Å². The molecule has 1 aromatic rings. The van der Waals surface area contributed by atoms with E-state index in [0.29, 0.717) is 16.7 Å². The van der Waals surface area contributed by atoms with E-state index < -0.39 is 18.5 Å². The first kappa shape index (κ1) is 18.7. The van der Waals surface area contributed by atoms with Crippen LogP contribution < -0.4 is 10.6 Å². The van der Waals surface area contributed by atoms with Crippen LogP contribution in [0.3, 0.4) is 0 Å². The molecular formula is C16H20N2O4S2. The molecule has 0 bridgehead atoms. The maximum atomic E-state index is 11.9. The molecule has 1 aliphatic rings. The molecule has 2 rings (SSSR count). The summed E-state index contributed by atoms with van der Waals surface area (Å²) in [5.41, 5.74) is 1.59. The van der Waals surface area contributed by atoms with Crippen molar-refractivity contribution in [2.75, 3.05) is 31.2 Å². The number of esters is 1. The monoisotopic (exact) mass is 368 g/mol. The highest BCUT2D eigenvalue weighted by Crippen LogP contribution is 2.45. The van der Waals surface area contributed by atoms with Crippen LogP contribution in [-0.4, -0.2) is 49.0 Å². The molecule has 0 aromatic heterocycles. The lowest BCUT2D eigenvalue weighted by molar-refractivity contribution is -0.127. The number of amides is 2. The van der Waals surface area contributed by atoms with Crippen LogP contribution >= 0.6 is 23.5 Å². The predicted molar refractivity (Wildman–Crippen MR) is 96.1 cm³/mol. The van der Waals surface area contributed by atoms with E-state index in [0.717, 1.165) is 11.5 Å². The molecule has 1 fully saturated rings. The van der Waals surface area contributed by atoms with Crippen molar-refractivity contribution in [2.45, 2.75) is 11.5 Å². The molecule has 0 atom stereocenters. The van der Waals surface area contributed by atoms with E-state index in [1.165, 1.54) is 5.56 Å². The smallest absolute Gasteiger partial charge is 0.338 e. The van der Waals surface area contributed by atoms with Crippen LogP contribution in [0.2, 0.25) is 0 Å². The van der Waals surface area contributed by atoms with Gasteiger partial charge in [-0.2, -0.15) is 0 Å². The minimum atomic E-state index is -0.554. The van der Waals surface area contributed by atoms with Gasteiger partial charge in [0.25, 0.3) is 5.91 Å². The molecule has 0 aliphatic carbocycles. The fourth-order valence-electron chi connectivity index (χ4n) is 2.03. The van der Waals surface area contributed by atoms with E-state index in [1.807, 2.05) is 35.7 Å². The van der Waals surface area contributed by atoms with E-state index in [1.54, 1.807) is 19.1 Å². The highest BCUT2D eigenvalue weighted by atomic mass is 32.2. The van der Waals surface area contributed by atoms with Crippen molar-refractivity contribution < 1.29 is 19.1 Å². The van der Waals surface area contributed by atoms with Crippen molar-refractivity contribution in [2.24, 2.45) is 0 Å². The predicted octanol–water partition coefficient (Wildman–Crippen LogP) is 1.57. The highest BCUT2D eigenvalue weighted by Gasteiger charge is 2.18. The largest absolute Gasteiger partial charge is 0.452 e. The first-order chi connectivity index (χ1) is 11.6. The Morgan fingerprint density at radius 3 is 2.38 bits per heavy atom. The number of nitrogens with one attached hydrogen (secondary N) is 2. The number of carbonyl (C=O) groups excluding carboxylic acids is 3. The van der Waals surface area contributed by atoms with Gasteiger partial charge in [0, 0.05) is 18.1 Å². The number of hydrogen-bond acceptors (Lipinski definition) is 6. The Labute approximate surface area is 149 Å². The van der Waals surface area contributed by atoms with Crippen molar-refractivity contribution in [1.29, 1.82) is 0 Å². The Hall–Kier alpha value is -1.67. The second-order valence-corrected chi connectivity index (χ2v) is 7.73. The molecule has 6 nitrogen and oxygen atoms in total. The van der Waals surface area contributed by atoms with Gasteiger partial charge in [-0.25, -0.2) is 4.79 Å². The van der Waals surface area contributed by atoms with E-state index in [9.17, 15) is 14.4 Å². The minimum Gasteiger partial charge on any atom is -0.452 e. The van der Waals surface area contributed by atoms with Crippen LogP contribution in [0.5, 0.6) is 0 Å². The van der Waals surface area contributed by atoms with Gasteiger partial charge in [-0.15, -0.1) is 23.5 Å². The summed E-state index contributed by atoms with van der Waals surface area (Å²) < 4.78 is 5.38. The van der Waals surface area contributed by atoms with Crippen molar-refractivity contribution in [3.05, 3.63) is 35.4 Å². The molecule has 1 aliphatic heterocycles. The summed E-state index contributed by atoms with van der Waals surface area (Å²) in [6.45, 7) is 1.75. The summed E-state index contributed by atoms with van der Waals surface area (Å²) in [6, 6.07) is 7.26. The van der Waals surface area contributed by atoms with Crippen LogP contribution in [0.25, 0.3) is 0 Å². The normalized spacial score (nSPS) is 14.2. The summed E-state index contributed by atoms with van der Waals surface area (Å²) in [4.78, 5) is 34.7. The number of thioether (sulfide) groups is 2. The molecule has 2 N–H and O–H groups in total. The summed E-state index contributed by atoms with van der Waals surface area (Å²) in [5, 5.41) is 4.94. The van der Waals surface area contributed by atoms with Gasteiger partial charge in [0.05, 0.1) is 16.7 Å². The van der Waals surface area contributed by atoms with Gasteiger partial charge in [-0.05, 0) is 24.6 Å².